The van der Waals surface area contributed by atoms with E-state index in [-0.39, 0.29) is 5.38 Å². The first-order chi connectivity index (χ1) is 3.68. The van der Waals surface area contributed by atoms with E-state index in [0.29, 0.717) is 12.3 Å². The molecule has 0 unspecified atom stereocenters. The van der Waals surface area contributed by atoms with Crippen LogP contribution >= 0.6 is 23.2 Å². The maximum absolute atomic E-state index is 8.91. The van der Waals surface area contributed by atoms with E-state index in [0.717, 1.165) is 0 Å². The third kappa shape index (κ3) is 3.53. The van der Waals surface area contributed by atoms with Crippen LogP contribution < -0.4 is 0 Å². The molecular formula is C5H10Cl2O. The number of hydrogen-bond acceptors (Lipinski definition) is 1. The van der Waals surface area contributed by atoms with Crippen LogP contribution in [0.2, 0.25) is 0 Å². The van der Waals surface area contributed by atoms with Crippen LogP contribution in [0.15, 0.2) is 0 Å². The SMILES string of the molecule is C[C@H](Cl)[C@H](O)CCCl. The van der Waals surface area contributed by atoms with E-state index in [9.17, 15) is 0 Å². The number of aliphatic hydroxyl groups is 1. The van der Waals surface area contributed by atoms with Gasteiger partial charge >= 0.3 is 0 Å². The number of alkyl halides is 2. The molecule has 0 saturated carbocycles. The lowest BCUT2D eigenvalue weighted by molar-refractivity contribution is 0.170. The van der Waals surface area contributed by atoms with Gasteiger partial charge in [-0.1, -0.05) is 0 Å². The summed E-state index contributed by atoms with van der Waals surface area (Å²) < 4.78 is 0. The molecule has 0 aromatic heterocycles. The van der Waals surface area contributed by atoms with Gasteiger partial charge in [-0.3, -0.25) is 0 Å². The topological polar surface area (TPSA) is 20.2 Å². The van der Waals surface area contributed by atoms with Gasteiger partial charge < -0.3 is 5.11 Å². The zero-order chi connectivity index (χ0) is 6.57. The Labute approximate surface area is 59.6 Å². The molecule has 0 heterocycles. The average Bonchev–Trinajstić information content (AvgIpc) is 1.67. The van der Waals surface area contributed by atoms with Gasteiger partial charge in [-0.05, 0) is 13.3 Å². The van der Waals surface area contributed by atoms with Crippen molar-refractivity contribution in [3.63, 3.8) is 0 Å². The highest BCUT2D eigenvalue weighted by Gasteiger charge is 2.08. The monoisotopic (exact) mass is 156 g/mol. The normalized spacial score (nSPS) is 18.0. The molecule has 0 aromatic rings. The number of hydrogen-bond donors (Lipinski definition) is 1. The van der Waals surface area contributed by atoms with E-state index in [4.69, 9.17) is 28.3 Å². The predicted molar refractivity (Wildman–Crippen MR) is 36.7 cm³/mol. The summed E-state index contributed by atoms with van der Waals surface area (Å²) in [7, 11) is 0. The smallest absolute Gasteiger partial charge is 0.0712 e. The first-order valence-electron chi connectivity index (χ1n) is 2.56. The fourth-order valence-electron chi connectivity index (χ4n) is 0.341. The summed E-state index contributed by atoms with van der Waals surface area (Å²) >= 11 is 10.8. The van der Waals surface area contributed by atoms with Crippen molar-refractivity contribution >= 4 is 23.2 Å². The predicted octanol–water partition coefficient (Wildman–Crippen LogP) is 1.60. The van der Waals surface area contributed by atoms with Crippen molar-refractivity contribution in [2.24, 2.45) is 0 Å². The molecule has 0 fully saturated rings. The zero-order valence-corrected chi connectivity index (χ0v) is 6.28. The molecule has 0 amide bonds. The van der Waals surface area contributed by atoms with Crippen molar-refractivity contribution in [3.8, 4) is 0 Å². The van der Waals surface area contributed by atoms with Crippen LogP contribution in [0.3, 0.4) is 0 Å². The van der Waals surface area contributed by atoms with Gasteiger partial charge in [-0.25, -0.2) is 0 Å². The standard InChI is InChI=1S/C5H10Cl2O/c1-4(7)5(8)2-3-6/h4-5,8H,2-3H2,1H3/t4-,5+/m0/s1. The van der Waals surface area contributed by atoms with E-state index >= 15 is 0 Å². The second-order valence-corrected chi connectivity index (χ2v) is 2.79. The summed E-state index contributed by atoms with van der Waals surface area (Å²) in [6.45, 7) is 1.75. The van der Waals surface area contributed by atoms with Gasteiger partial charge in [0.2, 0.25) is 0 Å². The molecule has 0 aromatic carbocycles. The van der Waals surface area contributed by atoms with Gasteiger partial charge in [-0.2, -0.15) is 0 Å². The van der Waals surface area contributed by atoms with Crippen molar-refractivity contribution in [2.75, 3.05) is 5.88 Å². The molecule has 1 N–H and O–H groups in total. The van der Waals surface area contributed by atoms with E-state index in [2.05, 4.69) is 0 Å². The lowest BCUT2D eigenvalue weighted by Gasteiger charge is -2.08. The molecule has 0 aliphatic rings. The highest BCUT2D eigenvalue weighted by Crippen LogP contribution is 2.05. The van der Waals surface area contributed by atoms with Crippen LogP contribution in [-0.4, -0.2) is 22.5 Å². The van der Waals surface area contributed by atoms with Gasteiger partial charge in [0.1, 0.15) is 0 Å². The average molecular weight is 157 g/mol. The molecular weight excluding hydrogens is 147 g/mol. The third-order valence-corrected chi connectivity index (χ3v) is 1.44. The van der Waals surface area contributed by atoms with E-state index in [1.54, 1.807) is 6.92 Å². The van der Waals surface area contributed by atoms with Gasteiger partial charge in [0.15, 0.2) is 0 Å². The molecule has 0 radical (unpaired) electrons. The van der Waals surface area contributed by atoms with Crippen LogP contribution in [0.25, 0.3) is 0 Å². The Balaban J connectivity index is 3.17. The van der Waals surface area contributed by atoms with Crippen molar-refractivity contribution in [2.45, 2.75) is 24.8 Å². The first kappa shape index (κ1) is 8.54. The third-order valence-electron chi connectivity index (χ3n) is 0.935. The minimum Gasteiger partial charge on any atom is -0.392 e. The highest BCUT2D eigenvalue weighted by atomic mass is 35.5. The Kier molecular flexibility index (Phi) is 4.72. The van der Waals surface area contributed by atoms with Gasteiger partial charge in [0, 0.05) is 5.88 Å². The van der Waals surface area contributed by atoms with Gasteiger partial charge in [0.05, 0.1) is 11.5 Å². The minimum atomic E-state index is -0.450. The fraction of sp³-hybridized carbons (Fsp3) is 1.00. The van der Waals surface area contributed by atoms with Crippen LogP contribution in [0, 0.1) is 0 Å². The molecule has 0 spiro atoms. The van der Waals surface area contributed by atoms with E-state index in [1.807, 2.05) is 0 Å². The first-order valence-corrected chi connectivity index (χ1v) is 3.53. The van der Waals surface area contributed by atoms with Crippen LogP contribution in [0.4, 0.5) is 0 Å². The van der Waals surface area contributed by atoms with Crippen molar-refractivity contribution < 1.29 is 5.11 Å². The lowest BCUT2D eigenvalue weighted by atomic mass is 10.2. The summed E-state index contributed by atoms with van der Waals surface area (Å²) in [5.74, 6) is 0.470. The van der Waals surface area contributed by atoms with Crippen molar-refractivity contribution in [1.29, 1.82) is 0 Å². The summed E-state index contributed by atoms with van der Waals surface area (Å²) in [5, 5.41) is 8.72. The fourth-order valence-corrected chi connectivity index (χ4v) is 0.691. The maximum atomic E-state index is 8.91. The zero-order valence-electron chi connectivity index (χ0n) is 4.77. The molecule has 1 nitrogen and oxygen atoms in total. The second-order valence-electron chi connectivity index (χ2n) is 1.72. The maximum Gasteiger partial charge on any atom is 0.0712 e. The number of aliphatic hydroxyl groups excluding tert-OH is 1. The molecule has 0 aliphatic heterocycles. The number of rotatable bonds is 3. The van der Waals surface area contributed by atoms with Gasteiger partial charge in [0.25, 0.3) is 0 Å². The summed E-state index contributed by atoms with van der Waals surface area (Å²) in [6.07, 6.45) is 0.126. The Bertz CT molecular complexity index is 56.4. The minimum absolute atomic E-state index is 0.186. The largest absolute Gasteiger partial charge is 0.392 e. The number of halogens is 2. The van der Waals surface area contributed by atoms with Crippen LogP contribution in [-0.2, 0) is 0 Å². The second kappa shape index (κ2) is 4.42. The quantitative estimate of drug-likeness (QED) is 0.617. The molecule has 2 atom stereocenters. The van der Waals surface area contributed by atoms with E-state index in [1.165, 1.54) is 0 Å². The molecule has 3 heteroatoms. The van der Waals surface area contributed by atoms with Crippen LogP contribution in [0.1, 0.15) is 13.3 Å². The summed E-state index contributed by atoms with van der Waals surface area (Å²) in [6, 6.07) is 0. The van der Waals surface area contributed by atoms with E-state index < -0.39 is 6.10 Å². The Morgan fingerprint density at radius 2 is 2.12 bits per heavy atom. The summed E-state index contributed by atoms with van der Waals surface area (Å²) in [4.78, 5) is 0. The van der Waals surface area contributed by atoms with Crippen LogP contribution in [0.5, 0.6) is 0 Å². The molecule has 0 rings (SSSR count). The molecule has 0 saturated heterocycles. The Morgan fingerprint density at radius 1 is 1.62 bits per heavy atom. The summed E-state index contributed by atoms with van der Waals surface area (Å²) in [5.41, 5.74) is 0. The Hall–Kier alpha value is 0.540. The lowest BCUT2D eigenvalue weighted by Crippen LogP contribution is -2.17. The molecule has 8 heavy (non-hydrogen) atoms. The van der Waals surface area contributed by atoms with Gasteiger partial charge in [-0.15, -0.1) is 23.2 Å². The Morgan fingerprint density at radius 3 is 2.25 bits per heavy atom. The molecule has 50 valence electrons. The molecule has 0 bridgehead atoms. The van der Waals surface area contributed by atoms with Crippen molar-refractivity contribution in [3.05, 3.63) is 0 Å². The highest BCUT2D eigenvalue weighted by molar-refractivity contribution is 6.21. The molecule has 0 aliphatic carbocycles. The van der Waals surface area contributed by atoms with Crippen molar-refractivity contribution in [1.82, 2.24) is 0 Å².